The zero-order chi connectivity index (χ0) is 39.7. The molecule has 0 fully saturated rings. The van der Waals surface area contributed by atoms with Crippen molar-refractivity contribution in [1.82, 2.24) is 0 Å². The number of benzene rings is 9. The summed E-state index contributed by atoms with van der Waals surface area (Å²) in [6.07, 6.45) is 0. The smallest absolute Gasteiger partial charge is 0.0714 e. The van der Waals surface area contributed by atoms with Crippen LogP contribution in [0.5, 0.6) is 0 Å². The van der Waals surface area contributed by atoms with E-state index in [-0.39, 0.29) is 0 Å². The Bertz CT molecular complexity index is 2940. The fourth-order valence-electron chi connectivity index (χ4n) is 10.9. The van der Waals surface area contributed by atoms with Gasteiger partial charge in [-0.15, -0.1) is 11.3 Å². The highest BCUT2D eigenvalue weighted by atomic mass is 32.1. The van der Waals surface area contributed by atoms with Gasteiger partial charge in [0.05, 0.1) is 27.9 Å². The van der Waals surface area contributed by atoms with Crippen molar-refractivity contribution >= 4 is 38.5 Å². The molecule has 0 aliphatic heterocycles. The van der Waals surface area contributed by atoms with E-state index in [0.29, 0.717) is 0 Å². The Labute approximate surface area is 355 Å². The number of hydrogen-bond acceptors (Lipinski definition) is 2. The van der Waals surface area contributed by atoms with Crippen LogP contribution in [-0.2, 0) is 10.8 Å². The maximum Gasteiger partial charge on any atom is 0.0714 e. The molecular weight excluding hydrogens is 743 g/mol. The molecule has 0 amide bonds. The number of thiophene rings is 1. The molecule has 0 atom stereocenters. The molecule has 282 valence electrons. The van der Waals surface area contributed by atoms with Gasteiger partial charge >= 0.3 is 0 Å². The van der Waals surface area contributed by atoms with Crippen molar-refractivity contribution in [2.24, 2.45) is 0 Å². The maximum absolute atomic E-state index is 2.60. The molecule has 12 rings (SSSR count). The van der Waals surface area contributed by atoms with Gasteiger partial charge in [-0.3, -0.25) is 0 Å². The Hall–Kier alpha value is -7.26. The van der Waals surface area contributed by atoms with Gasteiger partial charge in [0, 0.05) is 21.2 Å². The van der Waals surface area contributed by atoms with E-state index in [1.807, 2.05) is 0 Å². The number of rotatable bonds is 7. The van der Waals surface area contributed by atoms with E-state index in [1.54, 1.807) is 11.3 Å². The van der Waals surface area contributed by atoms with Gasteiger partial charge in [0.2, 0.25) is 0 Å². The van der Waals surface area contributed by atoms with Gasteiger partial charge in [-0.2, -0.15) is 0 Å². The minimum atomic E-state index is -0.522. The summed E-state index contributed by atoms with van der Waals surface area (Å²) < 4.78 is 1.27. The second-order valence-corrected chi connectivity index (χ2v) is 16.8. The number of hydrogen-bond donors (Lipinski definition) is 0. The molecule has 0 bridgehead atoms. The summed E-state index contributed by atoms with van der Waals surface area (Å²) in [4.78, 5) is 2.60. The van der Waals surface area contributed by atoms with Crippen LogP contribution in [-0.4, -0.2) is 0 Å². The van der Waals surface area contributed by atoms with Crippen molar-refractivity contribution in [3.8, 4) is 22.3 Å². The second kappa shape index (κ2) is 13.7. The monoisotopic (exact) mass is 781 g/mol. The lowest BCUT2D eigenvalue weighted by molar-refractivity contribution is 0.768. The van der Waals surface area contributed by atoms with Crippen molar-refractivity contribution < 1.29 is 0 Å². The van der Waals surface area contributed by atoms with Crippen molar-refractivity contribution in [1.29, 1.82) is 0 Å². The van der Waals surface area contributed by atoms with Crippen molar-refractivity contribution in [2.45, 2.75) is 10.8 Å². The Kier molecular flexibility index (Phi) is 7.91. The highest BCUT2D eigenvalue weighted by molar-refractivity contribution is 7.17. The first kappa shape index (κ1) is 34.8. The Morgan fingerprint density at radius 2 is 0.667 bits per heavy atom. The first-order valence-electron chi connectivity index (χ1n) is 20.8. The lowest BCUT2D eigenvalue weighted by atomic mass is 9.67. The molecule has 0 unspecified atom stereocenters. The fourth-order valence-corrected chi connectivity index (χ4v) is 11.7. The number of anilines is 3. The molecule has 0 spiro atoms. The Morgan fingerprint density at radius 1 is 0.300 bits per heavy atom. The SMILES string of the molecule is c1ccc(C2(c3ccccc3)c3ccccc3-c3c(N(c4cccc5c4-c4ccccc4C5(c4ccccc4)c4ccccc4)c4cccc5sccc45)cccc32)cc1. The van der Waals surface area contributed by atoms with Crippen LogP contribution in [0.1, 0.15) is 44.5 Å². The molecule has 10 aromatic rings. The van der Waals surface area contributed by atoms with Crippen LogP contribution in [0.25, 0.3) is 32.3 Å². The molecule has 9 aromatic carbocycles. The molecule has 0 N–H and O–H groups in total. The molecule has 1 aromatic heterocycles. The minimum Gasteiger partial charge on any atom is -0.309 e. The zero-order valence-corrected chi connectivity index (χ0v) is 33.7. The van der Waals surface area contributed by atoms with Gasteiger partial charge in [0.1, 0.15) is 0 Å². The van der Waals surface area contributed by atoms with Gasteiger partial charge in [-0.25, -0.2) is 0 Å². The summed E-state index contributed by atoms with van der Waals surface area (Å²) in [5.41, 5.74) is 17.7. The number of nitrogens with zero attached hydrogens (tertiary/aromatic N) is 1. The summed E-state index contributed by atoms with van der Waals surface area (Å²) >= 11 is 1.80. The van der Waals surface area contributed by atoms with Crippen LogP contribution in [0.15, 0.2) is 236 Å². The van der Waals surface area contributed by atoms with Gasteiger partial charge in [0.15, 0.2) is 0 Å². The first-order valence-corrected chi connectivity index (χ1v) is 21.6. The predicted molar refractivity (Wildman–Crippen MR) is 251 cm³/mol. The molecule has 1 heterocycles. The zero-order valence-electron chi connectivity index (χ0n) is 32.9. The molecule has 0 saturated heterocycles. The number of fused-ring (bicyclic) bond motifs is 7. The van der Waals surface area contributed by atoms with E-state index in [9.17, 15) is 0 Å². The maximum atomic E-state index is 2.60. The highest BCUT2D eigenvalue weighted by Gasteiger charge is 2.49. The summed E-state index contributed by atoms with van der Waals surface area (Å²) in [7, 11) is 0. The van der Waals surface area contributed by atoms with Crippen molar-refractivity contribution in [3.05, 3.63) is 280 Å². The standard InChI is InChI=1S/C58H39NS/c1-5-20-40(21-6-1)57(41-22-7-2-8-23-41)47-30-15-13-28-44(47)55-49(57)32-17-35-52(55)59(51-34-19-37-54-46(51)38-39-60-54)53-36-18-33-50-56(53)45-29-14-16-31-48(45)58(50,42-24-9-3-10-25-42)43-26-11-4-12-27-43/h1-39H. The van der Waals surface area contributed by atoms with E-state index < -0.39 is 10.8 Å². The molecule has 2 aliphatic carbocycles. The lowest BCUT2D eigenvalue weighted by Gasteiger charge is -2.35. The molecule has 60 heavy (non-hydrogen) atoms. The fraction of sp³-hybridized carbons (Fsp3) is 0.0345. The summed E-state index contributed by atoms with van der Waals surface area (Å²) in [5, 5.41) is 3.47. The van der Waals surface area contributed by atoms with Crippen LogP contribution in [0.3, 0.4) is 0 Å². The van der Waals surface area contributed by atoms with Gasteiger partial charge in [-0.05, 0) is 91.3 Å². The summed E-state index contributed by atoms with van der Waals surface area (Å²) in [5.74, 6) is 0. The average Bonchev–Trinajstić information content (AvgIpc) is 4.02. The van der Waals surface area contributed by atoms with E-state index in [2.05, 4.69) is 241 Å². The van der Waals surface area contributed by atoms with Crippen LogP contribution in [0.2, 0.25) is 0 Å². The first-order chi connectivity index (χ1) is 29.8. The van der Waals surface area contributed by atoms with Gasteiger partial charge in [-0.1, -0.05) is 200 Å². The van der Waals surface area contributed by atoms with Gasteiger partial charge in [0.25, 0.3) is 0 Å². The predicted octanol–water partition coefficient (Wildman–Crippen LogP) is 15.1. The van der Waals surface area contributed by atoms with Gasteiger partial charge < -0.3 is 4.90 Å². The normalized spacial score (nSPS) is 13.9. The Balaban J connectivity index is 1.22. The third-order valence-electron chi connectivity index (χ3n) is 13.1. The quantitative estimate of drug-likeness (QED) is 0.156. The van der Waals surface area contributed by atoms with Crippen LogP contribution in [0.4, 0.5) is 17.1 Å². The largest absolute Gasteiger partial charge is 0.309 e. The van der Waals surface area contributed by atoms with Crippen molar-refractivity contribution in [3.63, 3.8) is 0 Å². The molecule has 1 nitrogen and oxygen atoms in total. The van der Waals surface area contributed by atoms with E-state index in [1.165, 1.54) is 82.5 Å². The minimum absolute atomic E-state index is 0.522. The van der Waals surface area contributed by atoms with E-state index in [4.69, 9.17) is 0 Å². The molecule has 0 saturated carbocycles. The third kappa shape index (κ3) is 4.74. The lowest BCUT2D eigenvalue weighted by Crippen LogP contribution is -2.28. The van der Waals surface area contributed by atoms with E-state index >= 15 is 0 Å². The average molecular weight is 782 g/mol. The summed E-state index contributed by atoms with van der Waals surface area (Å²) in [6, 6.07) is 85.8. The molecule has 2 aliphatic rings. The Morgan fingerprint density at radius 3 is 1.12 bits per heavy atom. The molecule has 0 radical (unpaired) electrons. The highest BCUT2D eigenvalue weighted by Crippen LogP contribution is 2.63. The van der Waals surface area contributed by atoms with Crippen molar-refractivity contribution in [2.75, 3.05) is 4.90 Å². The second-order valence-electron chi connectivity index (χ2n) is 15.9. The molecule has 2 heteroatoms. The van der Waals surface area contributed by atoms with E-state index in [0.717, 1.165) is 11.4 Å². The summed E-state index contributed by atoms with van der Waals surface area (Å²) in [6.45, 7) is 0. The van der Waals surface area contributed by atoms with Crippen LogP contribution >= 0.6 is 11.3 Å². The van der Waals surface area contributed by atoms with Crippen LogP contribution < -0.4 is 4.90 Å². The molecular formula is C58H39NS. The van der Waals surface area contributed by atoms with Crippen LogP contribution in [0, 0.1) is 0 Å². The third-order valence-corrected chi connectivity index (χ3v) is 14.0. The topological polar surface area (TPSA) is 3.24 Å².